The lowest BCUT2D eigenvalue weighted by Crippen LogP contribution is -2.28. The molecule has 1 aliphatic heterocycles. The van der Waals surface area contributed by atoms with E-state index in [-0.39, 0.29) is 23.5 Å². The van der Waals surface area contributed by atoms with E-state index in [1.165, 1.54) is 18.2 Å². The molecule has 8 nitrogen and oxygen atoms in total. The Morgan fingerprint density at radius 2 is 2.00 bits per heavy atom. The van der Waals surface area contributed by atoms with Gasteiger partial charge >= 0.3 is 0 Å². The number of nitrogens with zero attached hydrogens (tertiary/aromatic N) is 2. The average molecular weight is 496 g/mol. The van der Waals surface area contributed by atoms with Gasteiger partial charge in [-0.25, -0.2) is 0 Å². The number of halogens is 1. The molecule has 0 aromatic heterocycles. The zero-order valence-corrected chi connectivity index (χ0v) is 18.5. The highest BCUT2D eigenvalue weighted by atomic mass is 79.9. The number of nitro groups is 1. The van der Waals surface area contributed by atoms with Crippen LogP contribution < -0.4 is 10.1 Å². The maximum atomic E-state index is 12.7. The number of nitrogens with one attached hydrogen (secondary N) is 1. The molecular formula is C23H18BrN3O5. The second kappa shape index (κ2) is 9.19. The highest BCUT2D eigenvalue weighted by molar-refractivity contribution is 9.10. The predicted molar refractivity (Wildman–Crippen MR) is 123 cm³/mol. The van der Waals surface area contributed by atoms with Gasteiger partial charge in [0.25, 0.3) is 11.6 Å². The van der Waals surface area contributed by atoms with Crippen LogP contribution in [-0.2, 0) is 9.63 Å². The van der Waals surface area contributed by atoms with Crippen molar-refractivity contribution in [1.82, 2.24) is 0 Å². The third-order valence-electron chi connectivity index (χ3n) is 4.81. The second-order valence-electron chi connectivity index (χ2n) is 7.18. The van der Waals surface area contributed by atoms with E-state index in [0.29, 0.717) is 11.5 Å². The molecule has 0 fully saturated rings. The molecule has 3 aromatic carbocycles. The number of ether oxygens (including phenoxy) is 1. The van der Waals surface area contributed by atoms with Crippen molar-refractivity contribution < 1.29 is 19.3 Å². The molecule has 0 radical (unpaired) electrons. The monoisotopic (exact) mass is 495 g/mol. The van der Waals surface area contributed by atoms with E-state index in [1.807, 2.05) is 49.4 Å². The van der Waals surface area contributed by atoms with Crippen molar-refractivity contribution in [2.45, 2.75) is 19.4 Å². The summed E-state index contributed by atoms with van der Waals surface area (Å²) in [6.07, 6.45) is -0.562. The number of hydrogen-bond donors (Lipinski definition) is 1. The summed E-state index contributed by atoms with van der Waals surface area (Å²) in [7, 11) is 0. The van der Waals surface area contributed by atoms with Crippen LogP contribution in [0.25, 0.3) is 0 Å². The SMILES string of the molecule is Cc1ccccc1Oc1cc(NC(=O)C2CC(c3cccc(Br)c3)=NO2)cc([N+](=O)[O-])c1. The largest absolute Gasteiger partial charge is 0.457 e. The summed E-state index contributed by atoms with van der Waals surface area (Å²) >= 11 is 3.41. The molecule has 1 heterocycles. The number of anilines is 1. The van der Waals surface area contributed by atoms with E-state index < -0.39 is 16.9 Å². The third-order valence-corrected chi connectivity index (χ3v) is 5.30. The molecule has 9 heteroatoms. The normalized spacial score (nSPS) is 14.9. The van der Waals surface area contributed by atoms with E-state index in [9.17, 15) is 14.9 Å². The molecule has 0 saturated carbocycles. The lowest BCUT2D eigenvalue weighted by Gasteiger charge is -2.12. The number of rotatable bonds is 6. The highest BCUT2D eigenvalue weighted by Crippen LogP contribution is 2.31. The third kappa shape index (κ3) is 4.94. The summed E-state index contributed by atoms with van der Waals surface area (Å²) in [5.41, 5.74) is 2.39. The topological polar surface area (TPSA) is 103 Å². The first-order chi connectivity index (χ1) is 15.4. The number of nitro benzene ring substituents is 1. The summed E-state index contributed by atoms with van der Waals surface area (Å²) in [5.74, 6) is 0.347. The van der Waals surface area contributed by atoms with Crippen molar-refractivity contribution in [2.75, 3.05) is 5.32 Å². The van der Waals surface area contributed by atoms with Crippen LogP contribution >= 0.6 is 15.9 Å². The van der Waals surface area contributed by atoms with E-state index in [4.69, 9.17) is 9.57 Å². The van der Waals surface area contributed by atoms with Gasteiger partial charge in [0.05, 0.1) is 22.4 Å². The predicted octanol–water partition coefficient (Wildman–Crippen LogP) is 5.59. The molecule has 0 aliphatic carbocycles. The summed E-state index contributed by atoms with van der Waals surface area (Å²) in [6.45, 7) is 1.87. The van der Waals surface area contributed by atoms with Gasteiger partial charge in [-0.15, -0.1) is 0 Å². The van der Waals surface area contributed by atoms with Crippen LogP contribution in [0.1, 0.15) is 17.5 Å². The van der Waals surface area contributed by atoms with Crippen LogP contribution in [0.4, 0.5) is 11.4 Å². The Morgan fingerprint density at radius 3 is 2.75 bits per heavy atom. The summed E-state index contributed by atoms with van der Waals surface area (Å²) in [4.78, 5) is 28.9. The number of benzene rings is 3. The van der Waals surface area contributed by atoms with Crippen molar-refractivity contribution in [3.05, 3.63) is 92.4 Å². The molecule has 1 unspecified atom stereocenters. The van der Waals surface area contributed by atoms with Crippen LogP contribution in [0, 0.1) is 17.0 Å². The highest BCUT2D eigenvalue weighted by Gasteiger charge is 2.29. The lowest BCUT2D eigenvalue weighted by molar-refractivity contribution is -0.384. The average Bonchev–Trinajstić information content (AvgIpc) is 3.26. The van der Waals surface area contributed by atoms with Crippen molar-refractivity contribution in [2.24, 2.45) is 5.16 Å². The molecule has 32 heavy (non-hydrogen) atoms. The van der Waals surface area contributed by atoms with Crippen molar-refractivity contribution in [3.8, 4) is 11.5 Å². The quantitative estimate of drug-likeness (QED) is 0.354. The Balaban J connectivity index is 1.50. The van der Waals surface area contributed by atoms with Crippen LogP contribution in [-0.4, -0.2) is 22.6 Å². The van der Waals surface area contributed by atoms with Crippen LogP contribution in [0.15, 0.2) is 76.4 Å². The van der Waals surface area contributed by atoms with Gasteiger partial charge in [-0.1, -0.05) is 51.4 Å². The van der Waals surface area contributed by atoms with Gasteiger partial charge in [-0.3, -0.25) is 14.9 Å². The number of carbonyl (C=O) groups excluding carboxylic acids is 1. The van der Waals surface area contributed by atoms with E-state index >= 15 is 0 Å². The van der Waals surface area contributed by atoms with E-state index in [1.54, 1.807) is 6.07 Å². The zero-order valence-electron chi connectivity index (χ0n) is 16.9. The number of non-ortho nitro benzene ring substituents is 1. The van der Waals surface area contributed by atoms with Gasteiger partial charge in [0.1, 0.15) is 11.5 Å². The summed E-state index contributed by atoms with van der Waals surface area (Å²) in [5, 5.41) is 18.1. The Bertz CT molecular complexity index is 1230. The minimum absolute atomic E-state index is 0.204. The molecule has 162 valence electrons. The minimum atomic E-state index is -0.844. The van der Waals surface area contributed by atoms with Gasteiger partial charge in [0.2, 0.25) is 6.10 Å². The Morgan fingerprint density at radius 1 is 1.19 bits per heavy atom. The lowest BCUT2D eigenvalue weighted by atomic mass is 10.0. The van der Waals surface area contributed by atoms with Crippen molar-refractivity contribution in [3.63, 3.8) is 0 Å². The molecule has 0 bridgehead atoms. The Kier molecular flexibility index (Phi) is 6.18. The molecule has 4 rings (SSSR count). The molecule has 1 aliphatic rings. The summed E-state index contributed by atoms with van der Waals surface area (Å²) in [6, 6.07) is 18.9. The fourth-order valence-corrected chi connectivity index (χ4v) is 3.60. The van der Waals surface area contributed by atoms with E-state index in [0.717, 1.165) is 15.6 Å². The molecule has 0 spiro atoms. The molecule has 1 amide bonds. The maximum absolute atomic E-state index is 12.7. The minimum Gasteiger partial charge on any atom is -0.457 e. The van der Waals surface area contributed by atoms with Gasteiger partial charge in [0, 0.05) is 28.6 Å². The van der Waals surface area contributed by atoms with Gasteiger partial charge in [-0.2, -0.15) is 0 Å². The first kappa shape index (κ1) is 21.5. The number of hydrogen-bond acceptors (Lipinski definition) is 6. The number of amides is 1. The van der Waals surface area contributed by atoms with Crippen LogP contribution in [0.5, 0.6) is 11.5 Å². The second-order valence-corrected chi connectivity index (χ2v) is 8.09. The van der Waals surface area contributed by atoms with Crippen LogP contribution in [0.2, 0.25) is 0 Å². The van der Waals surface area contributed by atoms with E-state index in [2.05, 4.69) is 26.4 Å². The standard InChI is InChI=1S/C23H18BrN3O5/c1-14-5-2-3-8-21(14)31-19-11-17(10-18(12-19)27(29)30)25-23(28)22-13-20(26-32-22)15-6-4-7-16(24)9-15/h2-12,22H,13H2,1H3,(H,25,28). The maximum Gasteiger partial charge on any atom is 0.275 e. The molecule has 1 atom stereocenters. The number of para-hydroxylation sites is 1. The van der Waals surface area contributed by atoms with Crippen molar-refractivity contribution >= 4 is 38.9 Å². The first-order valence-electron chi connectivity index (χ1n) is 9.71. The Hall–Kier alpha value is -3.72. The number of carbonyl (C=O) groups is 1. The van der Waals surface area contributed by atoms with Crippen molar-refractivity contribution in [1.29, 1.82) is 0 Å². The van der Waals surface area contributed by atoms with Gasteiger partial charge < -0.3 is 14.9 Å². The fourth-order valence-electron chi connectivity index (χ4n) is 3.20. The summed E-state index contributed by atoms with van der Waals surface area (Å²) < 4.78 is 6.71. The number of aryl methyl sites for hydroxylation is 1. The Labute approximate surface area is 192 Å². The molecule has 3 aromatic rings. The first-order valence-corrected chi connectivity index (χ1v) is 10.5. The van der Waals surface area contributed by atoms with Gasteiger partial charge in [0.15, 0.2) is 0 Å². The molecule has 0 saturated heterocycles. The zero-order chi connectivity index (χ0) is 22.7. The number of oxime groups is 1. The molecular weight excluding hydrogens is 478 g/mol. The smallest absolute Gasteiger partial charge is 0.275 e. The fraction of sp³-hybridized carbons (Fsp3) is 0.130. The van der Waals surface area contributed by atoms with Gasteiger partial charge in [-0.05, 0) is 30.7 Å². The molecule has 1 N–H and O–H groups in total. The van der Waals surface area contributed by atoms with Crippen LogP contribution in [0.3, 0.4) is 0 Å².